The number of rotatable bonds is 8. The largest absolute Gasteiger partial charge is 0.352 e. The second-order valence-corrected chi connectivity index (χ2v) is 4.77. The lowest BCUT2D eigenvalue weighted by Crippen LogP contribution is -2.40. The average Bonchev–Trinajstić information content (AvgIpc) is 2.42. The van der Waals surface area contributed by atoms with Crippen LogP contribution in [0.5, 0.6) is 0 Å². The molecule has 0 aliphatic heterocycles. The van der Waals surface area contributed by atoms with E-state index in [0.717, 1.165) is 24.8 Å². The van der Waals surface area contributed by atoms with Crippen LogP contribution in [-0.4, -0.2) is 18.5 Å². The highest BCUT2D eigenvalue weighted by molar-refractivity contribution is 5.76. The summed E-state index contributed by atoms with van der Waals surface area (Å²) in [5.74, 6) is -0.244. The fourth-order valence-electron chi connectivity index (χ4n) is 1.91. The van der Waals surface area contributed by atoms with Gasteiger partial charge >= 0.3 is 0 Å². The molecule has 0 heterocycles. The molecule has 0 saturated carbocycles. The van der Waals surface area contributed by atoms with Crippen LogP contribution < -0.4 is 11.1 Å². The van der Waals surface area contributed by atoms with Gasteiger partial charge in [-0.3, -0.25) is 4.79 Å². The molecule has 0 aliphatic rings. The summed E-state index contributed by atoms with van der Waals surface area (Å²) in [4.78, 5) is 11.8. The Morgan fingerprint density at radius 1 is 1.37 bits per heavy atom. The quantitative estimate of drug-likeness (QED) is 0.759. The van der Waals surface area contributed by atoms with Crippen molar-refractivity contribution in [2.24, 2.45) is 5.73 Å². The van der Waals surface area contributed by atoms with Crippen molar-refractivity contribution < 1.29 is 9.18 Å². The molecular weight excluding hydrogens is 243 g/mol. The fraction of sp³-hybridized carbons (Fsp3) is 0.533. The van der Waals surface area contributed by atoms with Crippen LogP contribution in [0.15, 0.2) is 24.3 Å². The van der Waals surface area contributed by atoms with Crippen molar-refractivity contribution >= 4 is 5.91 Å². The molecule has 0 fully saturated rings. The van der Waals surface area contributed by atoms with Gasteiger partial charge in [0, 0.05) is 19.0 Å². The van der Waals surface area contributed by atoms with Gasteiger partial charge in [-0.1, -0.05) is 31.9 Å². The van der Waals surface area contributed by atoms with Gasteiger partial charge in [-0.25, -0.2) is 4.39 Å². The summed E-state index contributed by atoms with van der Waals surface area (Å²) in [6.07, 6.45) is 4.13. The zero-order chi connectivity index (χ0) is 14.1. The van der Waals surface area contributed by atoms with E-state index in [9.17, 15) is 9.18 Å². The number of hydrogen-bond donors (Lipinski definition) is 2. The molecule has 1 aromatic carbocycles. The zero-order valence-electron chi connectivity index (χ0n) is 11.5. The first-order chi connectivity index (χ1) is 9.15. The standard InChI is InChI=1S/C15H23FN2O/c1-2-3-4-14(11-17)18-15(19)10-7-12-5-8-13(16)9-6-12/h5-6,8-9,14H,2-4,7,10-11,17H2,1H3,(H,18,19). The van der Waals surface area contributed by atoms with Gasteiger partial charge in [0.15, 0.2) is 0 Å². The van der Waals surface area contributed by atoms with Crippen molar-refractivity contribution in [2.75, 3.05) is 6.54 Å². The molecule has 0 aromatic heterocycles. The van der Waals surface area contributed by atoms with Crippen molar-refractivity contribution in [3.05, 3.63) is 35.6 Å². The minimum atomic E-state index is -0.254. The third-order valence-electron chi connectivity index (χ3n) is 3.11. The number of amides is 1. The van der Waals surface area contributed by atoms with Gasteiger partial charge in [-0.15, -0.1) is 0 Å². The maximum Gasteiger partial charge on any atom is 0.220 e. The Morgan fingerprint density at radius 2 is 2.05 bits per heavy atom. The molecule has 1 aromatic rings. The Bertz CT molecular complexity index is 378. The average molecular weight is 266 g/mol. The zero-order valence-corrected chi connectivity index (χ0v) is 11.5. The summed E-state index contributed by atoms with van der Waals surface area (Å²) in [5.41, 5.74) is 6.60. The summed E-state index contributed by atoms with van der Waals surface area (Å²) in [7, 11) is 0. The maximum atomic E-state index is 12.7. The first-order valence-corrected chi connectivity index (χ1v) is 6.89. The molecule has 1 unspecified atom stereocenters. The number of hydrogen-bond acceptors (Lipinski definition) is 2. The Kier molecular flexibility index (Phi) is 7.11. The highest BCUT2D eigenvalue weighted by Gasteiger charge is 2.10. The lowest BCUT2D eigenvalue weighted by atomic mass is 10.1. The van der Waals surface area contributed by atoms with Crippen LogP contribution in [0.4, 0.5) is 4.39 Å². The van der Waals surface area contributed by atoms with Crippen LogP contribution in [-0.2, 0) is 11.2 Å². The van der Waals surface area contributed by atoms with Crippen LogP contribution in [0.1, 0.15) is 38.2 Å². The Hall–Kier alpha value is -1.42. The number of nitrogens with two attached hydrogens (primary N) is 1. The number of carbonyl (C=O) groups is 1. The summed E-state index contributed by atoms with van der Waals surface area (Å²) in [6.45, 7) is 2.59. The predicted molar refractivity (Wildman–Crippen MR) is 75.2 cm³/mol. The van der Waals surface area contributed by atoms with Crippen molar-refractivity contribution in [3.8, 4) is 0 Å². The minimum Gasteiger partial charge on any atom is -0.352 e. The lowest BCUT2D eigenvalue weighted by molar-refractivity contribution is -0.121. The first-order valence-electron chi connectivity index (χ1n) is 6.89. The number of nitrogens with one attached hydrogen (secondary N) is 1. The van der Waals surface area contributed by atoms with Crippen molar-refractivity contribution in [1.29, 1.82) is 0 Å². The van der Waals surface area contributed by atoms with E-state index in [1.165, 1.54) is 12.1 Å². The van der Waals surface area contributed by atoms with Crippen LogP contribution in [0.2, 0.25) is 0 Å². The number of carbonyl (C=O) groups excluding carboxylic acids is 1. The van der Waals surface area contributed by atoms with Gasteiger partial charge in [0.25, 0.3) is 0 Å². The number of unbranched alkanes of at least 4 members (excludes halogenated alkanes) is 1. The van der Waals surface area contributed by atoms with E-state index in [2.05, 4.69) is 12.2 Å². The van der Waals surface area contributed by atoms with E-state index in [1.54, 1.807) is 12.1 Å². The van der Waals surface area contributed by atoms with Crippen LogP contribution in [0, 0.1) is 5.82 Å². The topological polar surface area (TPSA) is 55.1 Å². The molecule has 0 radical (unpaired) electrons. The van der Waals surface area contributed by atoms with E-state index >= 15 is 0 Å². The molecule has 0 aliphatic carbocycles. The second kappa shape index (κ2) is 8.64. The van der Waals surface area contributed by atoms with Crippen LogP contribution in [0.3, 0.4) is 0 Å². The molecule has 0 saturated heterocycles. The molecule has 1 rings (SSSR count). The molecule has 3 nitrogen and oxygen atoms in total. The van der Waals surface area contributed by atoms with Gasteiger partial charge in [-0.05, 0) is 30.5 Å². The van der Waals surface area contributed by atoms with Gasteiger partial charge in [-0.2, -0.15) is 0 Å². The number of halogens is 1. The third kappa shape index (κ3) is 6.34. The molecule has 4 heteroatoms. The van der Waals surface area contributed by atoms with Gasteiger partial charge < -0.3 is 11.1 Å². The molecule has 3 N–H and O–H groups in total. The first kappa shape index (κ1) is 15.6. The van der Waals surface area contributed by atoms with E-state index < -0.39 is 0 Å². The Labute approximate surface area is 114 Å². The van der Waals surface area contributed by atoms with Gasteiger partial charge in [0.1, 0.15) is 5.82 Å². The Morgan fingerprint density at radius 3 is 2.63 bits per heavy atom. The predicted octanol–water partition coefficient (Wildman–Crippen LogP) is 2.39. The molecule has 1 amide bonds. The van der Waals surface area contributed by atoms with E-state index in [4.69, 9.17) is 5.73 Å². The van der Waals surface area contributed by atoms with E-state index in [0.29, 0.717) is 19.4 Å². The van der Waals surface area contributed by atoms with Crippen LogP contribution in [0.25, 0.3) is 0 Å². The maximum absolute atomic E-state index is 12.7. The highest BCUT2D eigenvalue weighted by atomic mass is 19.1. The van der Waals surface area contributed by atoms with E-state index in [-0.39, 0.29) is 17.8 Å². The van der Waals surface area contributed by atoms with Crippen molar-refractivity contribution in [3.63, 3.8) is 0 Å². The third-order valence-corrected chi connectivity index (χ3v) is 3.11. The van der Waals surface area contributed by atoms with Crippen molar-refractivity contribution in [2.45, 2.75) is 45.1 Å². The molecular formula is C15H23FN2O. The molecule has 106 valence electrons. The van der Waals surface area contributed by atoms with Gasteiger partial charge in [0.05, 0.1) is 0 Å². The molecule has 0 spiro atoms. The minimum absolute atomic E-state index is 0.0101. The van der Waals surface area contributed by atoms with Crippen molar-refractivity contribution in [1.82, 2.24) is 5.32 Å². The SMILES string of the molecule is CCCCC(CN)NC(=O)CCc1ccc(F)cc1. The molecule has 0 bridgehead atoms. The molecule has 1 atom stereocenters. The van der Waals surface area contributed by atoms with Crippen LogP contribution >= 0.6 is 0 Å². The summed E-state index contributed by atoms with van der Waals surface area (Å²) in [6, 6.07) is 6.31. The number of aryl methyl sites for hydroxylation is 1. The summed E-state index contributed by atoms with van der Waals surface area (Å²) < 4.78 is 12.7. The fourth-order valence-corrected chi connectivity index (χ4v) is 1.91. The lowest BCUT2D eigenvalue weighted by Gasteiger charge is -2.16. The summed E-state index contributed by atoms with van der Waals surface area (Å²) in [5, 5.41) is 2.95. The van der Waals surface area contributed by atoms with Gasteiger partial charge in [0.2, 0.25) is 5.91 Å². The normalized spacial score (nSPS) is 12.2. The molecule has 19 heavy (non-hydrogen) atoms. The monoisotopic (exact) mass is 266 g/mol. The summed E-state index contributed by atoms with van der Waals surface area (Å²) >= 11 is 0. The smallest absolute Gasteiger partial charge is 0.220 e. The van der Waals surface area contributed by atoms with E-state index in [1.807, 2.05) is 0 Å². The Balaban J connectivity index is 2.32. The second-order valence-electron chi connectivity index (χ2n) is 4.77. The number of benzene rings is 1. The highest BCUT2D eigenvalue weighted by Crippen LogP contribution is 2.06.